The van der Waals surface area contributed by atoms with E-state index in [-0.39, 0.29) is 5.82 Å². The van der Waals surface area contributed by atoms with E-state index in [2.05, 4.69) is 161 Å². The maximum Gasteiger partial charge on any atom is 0.123 e. The lowest BCUT2D eigenvalue weighted by Crippen LogP contribution is -1.93. The van der Waals surface area contributed by atoms with Crippen LogP contribution in [0, 0.1) is 5.82 Å². The molecule has 8 aromatic carbocycles. The summed E-state index contributed by atoms with van der Waals surface area (Å²) in [6.45, 7) is 0. The summed E-state index contributed by atoms with van der Waals surface area (Å²) in [7, 11) is 0. The molecule has 0 radical (unpaired) electrons. The van der Waals surface area contributed by atoms with Gasteiger partial charge in [0.2, 0.25) is 0 Å². The average Bonchev–Trinajstić information content (AvgIpc) is 3.67. The molecule has 0 fully saturated rings. The third-order valence-corrected chi connectivity index (χ3v) is 9.97. The van der Waals surface area contributed by atoms with E-state index < -0.39 is 0 Å². The second-order valence-electron chi connectivity index (χ2n) is 12.8. The van der Waals surface area contributed by atoms with E-state index in [9.17, 15) is 4.39 Å². The van der Waals surface area contributed by atoms with Gasteiger partial charge in [0.25, 0.3) is 0 Å². The molecule has 10 rings (SSSR count). The molecule has 0 saturated heterocycles. The number of rotatable bonds is 4. The molecule has 2 nitrogen and oxygen atoms in total. The minimum absolute atomic E-state index is 0.233. The fourth-order valence-corrected chi connectivity index (χ4v) is 7.62. The zero-order valence-corrected chi connectivity index (χ0v) is 26.5. The highest BCUT2D eigenvalue weighted by atomic mass is 19.1. The molecule has 0 aliphatic carbocycles. The molecule has 230 valence electrons. The number of hydrogen-bond acceptors (Lipinski definition) is 0. The summed E-state index contributed by atoms with van der Waals surface area (Å²) in [4.78, 5) is 0. The van der Waals surface area contributed by atoms with E-state index in [1.54, 1.807) is 0 Å². The van der Waals surface area contributed by atoms with Crippen LogP contribution in [-0.2, 0) is 0 Å². The minimum atomic E-state index is -0.233. The van der Waals surface area contributed by atoms with Crippen LogP contribution >= 0.6 is 0 Å². The van der Waals surface area contributed by atoms with Crippen molar-refractivity contribution in [2.45, 2.75) is 0 Å². The van der Waals surface area contributed by atoms with Crippen molar-refractivity contribution >= 4 is 54.4 Å². The lowest BCUT2D eigenvalue weighted by Gasteiger charge is -2.10. The third-order valence-electron chi connectivity index (χ3n) is 9.97. The van der Waals surface area contributed by atoms with Gasteiger partial charge in [-0.1, -0.05) is 103 Å². The van der Waals surface area contributed by atoms with Crippen LogP contribution in [0.25, 0.3) is 88.0 Å². The molecular weight excluding hydrogens is 600 g/mol. The lowest BCUT2D eigenvalue weighted by molar-refractivity contribution is 0.627. The first-order chi connectivity index (χ1) is 24.2. The van der Waals surface area contributed by atoms with Gasteiger partial charge >= 0.3 is 0 Å². The first-order valence-corrected chi connectivity index (χ1v) is 16.6. The summed E-state index contributed by atoms with van der Waals surface area (Å²) in [5.41, 5.74) is 11.4. The van der Waals surface area contributed by atoms with Gasteiger partial charge < -0.3 is 9.13 Å². The second kappa shape index (κ2) is 10.8. The summed E-state index contributed by atoms with van der Waals surface area (Å²) < 4.78 is 18.4. The summed E-state index contributed by atoms with van der Waals surface area (Å²) in [5, 5.41) is 7.33. The molecule has 2 aromatic heterocycles. The topological polar surface area (TPSA) is 9.86 Å². The molecule has 2 heterocycles. The van der Waals surface area contributed by atoms with Crippen LogP contribution in [0.3, 0.4) is 0 Å². The van der Waals surface area contributed by atoms with E-state index in [1.165, 1.54) is 77.9 Å². The Kier molecular flexibility index (Phi) is 6.09. The number of benzene rings is 8. The fourth-order valence-electron chi connectivity index (χ4n) is 7.62. The lowest BCUT2D eigenvalue weighted by atomic mass is 9.98. The minimum Gasteiger partial charge on any atom is -0.309 e. The number of aromatic nitrogens is 2. The molecule has 0 unspecified atom stereocenters. The highest BCUT2D eigenvalue weighted by Crippen LogP contribution is 2.38. The van der Waals surface area contributed by atoms with Crippen molar-refractivity contribution in [1.82, 2.24) is 9.13 Å². The molecular formula is C46H29FN2. The number of halogens is 1. The Labute approximate surface area is 282 Å². The van der Waals surface area contributed by atoms with Crippen molar-refractivity contribution in [2.24, 2.45) is 0 Å². The molecule has 0 bridgehead atoms. The first kappa shape index (κ1) is 27.6. The number of nitrogens with zero attached hydrogens (tertiary/aromatic N) is 2. The predicted molar refractivity (Wildman–Crippen MR) is 203 cm³/mol. The molecule has 0 spiro atoms. The first-order valence-electron chi connectivity index (χ1n) is 16.6. The zero-order valence-electron chi connectivity index (χ0n) is 26.5. The van der Waals surface area contributed by atoms with Crippen molar-refractivity contribution in [1.29, 1.82) is 0 Å². The molecule has 0 amide bonds. The van der Waals surface area contributed by atoms with Gasteiger partial charge in [0.1, 0.15) is 5.82 Å². The number of para-hydroxylation sites is 2. The van der Waals surface area contributed by atoms with Crippen LogP contribution in [-0.4, -0.2) is 9.13 Å². The van der Waals surface area contributed by atoms with Gasteiger partial charge in [-0.05, 0) is 106 Å². The molecule has 3 heteroatoms. The van der Waals surface area contributed by atoms with Gasteiger partial charge in [-0.2, -0.15) is 0 Å². The smallest absolute Gasteiger partial charge is 0.123 e. The third kappa shape index (κ3) is 4.40. The van der Waals surface area contributed by atoms with E-state index in [1.807, 2.05) is 12.1 Å². The van der Waals surface area contributed by atoms with Crippen molar-refractivity contribution in [2.75, 3.05) is 0 Å². The zero-order chi connectivity index (χ0) is 32.5. The highest BCUT2D eigenvalue weighted by molar-refractivity contribution is 6.12. The Hall–Kier alpha value is -6.45. The monoisotopic (exact) mass is 628 g/mol. The average molecular weight is 629 g/mol. The Bertz CT molecular complexity index is 2870. The largest absolute Gasteiger partial charge is 0.309 e. The highest BCUT2D eigenvalue weighted by Gasteiger charge is 2.15. The van der Waals surface area contributed by atoms with Gasteiger partial charge in [-0.3, -0.25) is 0 Å². The van der Waals surface area contributed by atoms with E-state index in [4.69, 9.17) is 0 Å². The molecule has 10 aromatic rings. The van der Waals surface area contributed by atoms with E-state index in [0.717, 1.165) is 22.3 Å². The predicted octanol–water partition coefficient (Wildman–Crippen LogP) is 12.5. The van der Waals surface area contributed by atoms with Gasteiger partial charge in [0.15, 0.2) is 0 Å². The number of fused-ring (bicyclic) bond motifs is 7. The van der Waals surface area contributed by atoms with Crippen LogP contribution in [0.1, 0.15) is 0 Å². The molecule has 0 N–H and O–H groups in total. The summed E-state index contributed by atoms with van der Waals surface area (Å²) in [5.74, 6) is -0.233. The normalized spacial score (nSPS) is 11.8. The summed E-state index contributed by atoms with van der Waals surface area (Å²) in [6.07, 6.45) is 0. The summed E-state index contributed by atoms with van der Waals surface area (Å²) in [6, 6.07) is 61.5. The van der Waals surface area contributed by atoms with Crippen molar-refractivity contribution < 1.29 is 4.39 Å². The molecule has 49 heavy (non-hydrogen) atoms. The maximum absolute atomic E-state index is 13.8. The Morgan fingerprint density at radius 3 is 1.35 bits per heavy atom. The SMILES string of the molecule is Fc1ccc(-n2c3ccccc3c3cc(-c4ccc(-c5ccc6c(c5)c5ccccc5n6-c5ccc6ccccc6c5)cc4)ccc32)cc1. The van der Waals surface area contributed by atoms with Crippen molar-refractivity contribution in [3.8, 4) is 33.6 Å². The van der Waals surface area contributed by atoms with Gasteiger partial charge in [-0.25, -0.2) is 4.39 Å². The second-order valence-corrected chi connectivity index (χ2v) is 12.8. The van der Waals surface area contributed by atoms with Crippen molar-refractivity contribution in [3.63, 3.8) is 0 Å². The standard InChI is InChI=1S/C46H29FN2/c47-36-20-23-37(24-21-36)48-43-11-5-3-9-39(43)41-28-34(18-25-45(41)48)31-13-15-32(16-14-31)35-19-26-46-42(29-35)40-10-4-6-12-44(40)49(46)38-22-17-30-7-1-2-8-33(30)27-38/h1-29H. The van der Waals surface area contributed by atoms with E-state index >= 15 is 0 Å². The molecule has 0 atom stereocenters. The van der Waals surface area contributed by atoms with Gasteiger partial charge in [-0.15, -0.1) is 0 Å². The van der Waals surface area contributed by atoms with Gasteiger partial charge in [0.05, 0.1) is 22.1 Å². The quantitative estimate of drug-likeness (QED) is 0.184. The maximum atomic E-state index is 13.8. The van der Waals surface area contributed by atoms with Crippen LogP contribution in [0.2, 0.25) is 0 Å². The number of hydrogen-bond donors (Lipinski definition) is 0. The molecule has 0 aliphatic rings. The summed E-state index contributed by atoms with van der Waals surface area (Å²) >= 11 is 0. The van der Waals surface area contributed by atoms with Crippen LogP contribution < -0.4 is 0 Å². The molecule has 0 saturated carbocycles. The Morgan fingerprint density at radius 1 is 0.306 bits per heavy atom. The van der Waals surface area contributed by atoms with Crippen molar-refractivity contribution in [3.05, 3.63) is 182 Å². The van der Waals surface area contributed by atoms with Gasteiger partial charge in [0, 0.05) is 32.9 Å². The van der Waals surface area contributed by atoms with Crippen LogP contribution in [0.5, 0.6) is 0 Å². The fraction of sp³-hybridized carbons (Fsp3) is 0. The van der Waals surface area contributed by atoms with Crippen LogP contribution in [0.4, 0.5) is 4.39 Å². The van der Waals surface area contributed by atoms with Crippen LogP contribution in [0.15, 0.2) is 176 Å². The van der Waals surface area contributed by atoms with E-state index in [0.29, 0.717) is 0 Å². The Balaban J connectivity index is 1.05. The Morgan fingerprint density at radius 2 is 0.755 bits per heavy atom. The molecule has 0 aliphatic heterocycles.